The van der Waals surface area contributed by atoms with Crippen LogP contribution in [0.5, 0.6) is 0 Å². The van der Waals surface area contributed by atoms with Crippen LogP contribution in [-0.4, -0.2) is 0 Å². The number of rotatable bonds is 4. The predicted octanol–water partition coefficient (Wildman–Crippen LogP) is 3.59. The number of hydrogen-bond acceptors (Lipinski definition) is 0. The number of allylic oxidation sites excluding steroid dienone is 4. The molecule has 0 aromatic rings. The fourth-order valence-corrected chi connectivity index (χ4v) is 4.27. The fourth-order valence-electron chi connectivity index (χ4n) is 1.00. The van der Waals surface area contributed by atoms with Crippen LogP contribution in [-0.2, 0) is 23.2 Å². The predicted molar refractivity (Wildman–Crippen MR) is 49.1 cm³/mol. The zero-order valence-corrected chi connectivity index (χ0v) is 10.2. The monoisotopic (exact) mass is 272 g/mol. The molecule has 1 aliphatic rings. The molecule has 0 aromatic heterocycles. The molecule has 13 heavy (non-hydrogen) atoms. The van der Waals surface area contributed by atoms with Crippen molar-refractivity contribution in [2.24, 2.45) is 0 Å². The van der Waals surface area contributed by atoms with Gasteiger partial charge in [0.25, 0.3) is 0 Å². The first-order chi connectivity index (χ1) is 4.93. The molecule has 1 rings (SSSR count). The minimum Gasteiger partial charge on any atom is -0.269 e. The summed E-state index contributed by atoms with van der Waals surface area (Å²) in [7, 11) is 0. The van der Waals surface area contributed by atoms with Crippen LogP contribution in [0, 0.1) is 0 Å². The van der Waals surface area contributed by atoms with Crippen LogP contribution in [0.3, 0.4) is 0 Å². The van der Waals surface area contributed by atoms with E-state index in [0.717, 1.165) is 0 Å². The van der Waals surface area contributed by atoms with E-state index >= 15 is 0 Å². The summed E-state index contributed by atoms with van der Waals surface area (Å²) in [6.45, 7) is 2.28. The third kappa shape index (κ3) is 8.48. The molecule has 0 amide bonds. The maximum atomic E-state index is 2.34. The zero-order valence-electron chi connectivity index (χ0n) is 7.79. The number of hydrogen-bond donors (Lipinski definition) is 0. The molecule has 4 heteroatoms. The van der Waals surface area contributed by atoms with Gasteiger partial charge in [-0.05, 0) is 0 Å². The van der Waals surface area contributed by atoms with Gasteiger partial charge in [-0.1, -0.05) is 0 Å². The first-order valence-corrected chi connectivity index (χ1v) is 6.99. The second-order valence-electron chi connectivity index (χ2n) is 2.60. The maximum absolute atomic E-state index is 2.34. The van der Waals surface area contributed by atoms with Gasteiger partial charge in [0.1, 0.15) is 0 Å². The van der Waals surface area contributed by atoms with Crippen molar-refractivity contribution in [2.45, 2.75) is 30.3 Å². The van der Waals surface area contributed by atoms with E-state index in [1.165, 1.54) is 19.3 Å². The van der Waals surface area contributed by atoms with Gasteiger partial charge in [-0.15, -0.1) is 0 Å². The molecule has 0 saturated carbocycles. The molecular weight excluding hydrogens is 256 g/mol. The molecule has 0 fully saturated rings. The number of halogens is 3. The average molecular weight is 273 g/mol. The third-order valence-corrected chi connectivity index (χ3v) is 5.16. The Morgan fingerprint density at radius 3 is 2.46 bits per heavy atom. The van der Waals surface area contributed by atoms with Gasteiger partial charge in [-0.25, -0.2) is 0 Å². The van der Waals surface area contributed by atoms with Crippen molar-refractivity contribution in [3.05, 3.63) is 21.5 Å². The SMILES string of the molecule is CCC[CH2][Zr][C]1=CC=CC1.F.F.F. The van der Waals surface area contributed by atoms with Crippen molar-refractivity contribution in [2.75, 3.05) is 0 Å². The van der Waals surface area contributed by atoms with Crippen LogP contribution in [0.25, 0.3) is 0 Å². The summed E-state index contributed by atoms with van der Waals surface area (Å²) in [6, 6.07) is 0. The van der Waals surface area contributed by atoms with Gasteiger partial charge in [0.15, 0.2) is 0 Å². The molecule has 0 radical (unpaired) electrons. The minimum absolute atomic E-state index is 0. The Morgan fingerprint density at radius 1 is 1.31 bits per heavy atom. The van der Waals surface area contributed by atoms with E-state index in [-0.39, 0.29) is 37.3 Å². The van der Waals surface area contributed by atoms with Crippen molar-refractivity contribution < 1.29 is 37.3 Å². The molecule has 1 aliphatic carbocycles. The molecule has 0 N–H and O–H groups in total. The molecule has 0 unspecified atom stereocenters. The second-order valence-corrected chi connectivity index (χ2v) is 6.28. The first-order valence-electron chi connectivity index (χ1n) is 4.03. The maximum Gasteiger partial charge on any atom is -0.269 e. The van der Waals surface area contributed by atoms with Gasteiger partial charge in [-0.3, -0.25) is 14.1 Å². The van der Waals surface area contributed by atoms with Crippen LogP contribution >= 0.6 is 0 Å². The summed E-state index contributed by atoms with van der Waals surface area (Å²) >= 11 is -0.0811. The normalized spacial score (nSPS) is 11.9. The van der Waals surface area contributed by atoms with Gasteiger partial charge in [-0.2, -0.15) is 0 Å². The van der Waals surface area contributed by atoms with Crippen molar-refractivity contribution >= 4 is 0 Å². The second kappa shape index (κ2) is 12.2. The zero-order chi connectivity index (χ0) is 7.23. The Hall–Kier alpha value is 0.153. The van der Waals surface area contributed by atoms with Crippen LogP contribution in [0.1, 0.15) is 26.2 Å². The van der Waals surface area contributed by atoms with Gasteiger partial charge in [0.2, 0.25) is 0 Å². The Morgan fingerprint density at radius 2 is 2.00 bits per heavy atom. The van der Waals surface area contributed by atoms with Gasteiger partial charge in [0, 0.05) is 0 Å². The van der Waals surface area contributed by atoms with Crippen molar-refractivity contribution in [3.8, 4) is 0 Å². The average Bonchev–Trinajstić information content (AvgIpc) is 2.41. The van der Waals surface area contributed by atoms with Gasteiger partial charge >= 0.3 is 75.1 Å². The van der Waals surface area contributed by atoms with Crippen LogP contribution in [0.15, 0.2) is 21.5 Å². The van der Waals surface area contributed by atoms with Crippen LogP contribution in [0.2, 0.25) is 4.13 Å². The summed E-state index contributed by atoms with van der Waals surface area (Å²) in [5.41, 5.74) is 0. The molecular formula is C9H17F3Zr. The molecule has 0 aliphatic heterocycles. The van der Waals surface area contributed by atoms with E-state index < -0.39 is 0 Å². The molecule has 0 spiro atoms. The Bertz CT molecular complexity index is 155. The van der Waals surface area contributed by atoms with E-state index in [1.807, 2.05) is 0 Å². The fraction of sp³-hybridized carbons (Fsp3) is 0.556. The van der Waals surface area contributed by atoms with Crippen molar-refractivity contribution in [3.63, 3.8) is 0 Å². The molecule has 0 heterocycles. The van der Waals surface area contributed by atoms with Crippen LogP contribution in [0.4, 0.5) is 14.1 Å². The molecule has 78 valence electrons. The molecule has 0 aromatic carbocycles. The molecule has 0 bridgehead atoms. The van der Waals surface area contributed by atoms with E-state index in [0.29, 0.717) is 0 Å². The standard InChI is InChI=1S/C5H5.C4H9.3FH.Zr/c1-2-4-5-3-1;1-3-4-2;;;;/h1-3H,4H2;1,3-4H2,2H3;3*1H;. The first kappa shape index (κ1) is 18.8. The van der Waals surface area contributed by atoms with Crippen molar-refractivity contribution in [1.29, 1.82) is 0 Å². The summed E-state index contributed by atoms with van der Waals surface area (Å²) in [6.07, 6.45) is 11.0. The van der Waals surface area contributed by atoms with Gasteiger partial charge in [0.05, 0.1) is 0 Å². The summed E-state index contributed by atoms with van der Waals surface area (Å²) in [4.78, 5) is 0. The summed E-state index contributed by atoms with van der Waals surface area (Å²) in [5, 5.41) is 0. The quantitative estimate of drug-likeness (QED) is 0.687. The van der Waals surface area contributed by atoms with E-state index in [2.05, 4.69) is 25.2 Å². The Kier molecular flexibility index (Phi) is 17.6. The minimum atomic E-state index is -0.0811. The topological polar surface area (TPSA) is 0 Å². The largest absolute Gasteiger partial charge is 0.269 e. The van der Waals surface area contributed by atoms with Gasteiger partial charge < -0.3 is 0 Å². The smallest absolute Gasteiger partial charge is 0.269 e. The Balaban J connectivity index is -0.000000333. The summed E-state index contributed by atoms with van der Waals surface area (Å²) < 4.78 is 3.34. The van der Waals surface area contributed by atoms with Crippen molar-refractivity contribution in [1.82, 2.24) is 0 Å². The third-order valence-electron chi connectivity index (χ3n) is 1.65. The van der Waals surface area contributed by atoms with Crippen LogP contribution < -0.4 is 0 Å². The van der Waals surface area contributed by atoms with E-state index in [1.54, 1.807) is 7.41 Å². The molecule has 0 saturated heterocycles. The summed E-state index contributed by atoms with van der Waals surface area (Å²) in [5.74, 6) is 0. The van der Waals surface area contributed by atoms with E-state index in [4.69, 9.17) is 0 Å². The molecule has 0 nitrogen and oxygen atoms in total. The molecule has 0 atom stereocenters. The Labute approximate surface area is 89.2 Å². The van der Waals surface area contributed by atoms with E-state index in [9.17, 15) is 0 Å². The number of unbranched alkanes of at least 4 members (excludes halogenated alkanes) is 1.